The lowest BCUT2D eigenvalue weighted by molar-refractivity contribution is -0.118. The molecule has 1 aromatic rings. The van der Waals surface area contributed by atoms with E-state index in [1.807, 2.05) is 13.8 Å². The summed E-state index contributed by atoms with van der Waals surface area (Å²) in [5.41, 5.74) is 8.74. The largest absolute Gasteiger partial charge is 0.370 e. The molecule has 7 nitrogen and oxygen atoms in total. The average Bonchev–Trinajstić information content (AvgIpc) is 2.42. The number of nitrogens with two attached hydrogens (primary N) is 2. The number of nitrogens with zero attached hydrogens (tertiary/aromatic N) is 1. The number of aromatic nitrogens is 1. The number of hydrogen-bond acceptors (Lipinski definition) is 5. The first-order valence-electron chi connectivity index (χ1n) is 6.49. The van der Waals surface area contributed by atoms with Crippen molar-refractivity contribution in [2.24, 2.45) is 11.6 Å². The smallest absolute Gasteiger partial charge is 0.251 e. The number of hydrogen-bond donors (Lipinski definition) is 4. The molecule has 1 aromatic heterocycles. The Bertz CT molecular complexity index is 488. The number of nitrogen functional groups attached to an aromatic ring is 1. The highest BCUT2D eigenvalue weighted by molar-refractivity contribution is 5.95. The Morgan fingerprint density at radius 3 is 2.60 bits per heavy atom. The Labute approximate surface area is 118 Å². The lowest BCUT2D eigenvalue weighted by Gasteiger charge is -2.11. The molecule has 2 amide bonds. The highest BCUT2D eigenvalue weighted by Crippen LogP contribution is 2.17. The molecule has 0 saturated carbocycles. The van der Waals surface area contributed by atoms with Crippen LogP contribution < -0.4 is 22.3 Å². The minimum Gasteiger partial charge on any atom is -0.370 e. The van der Waals surface area contributed by atoms with Crippen LogP contribution in [0.2, 0.25) is 0 Å². The van der Waals surface area contributed by atoms with Crippen LogP contribution in [0.5, 0.6) is 0 Å². The third-order valence-corrected chi connectivity index (χ3v) is 2.73. The van der Waals surface area contributed by atoms with E-state index in [9.17, 15) is 9.59 Å². The van der Waals surface area contributed by atoms with E-state index in [1.165, 1.54) is 0 Å². The minimum atomic E-state index is -0.375. The summed E-state index contributed by atoms with van der Waals surface area (Å²) in [5, 5.41) is 2.73. The number of rotatable bonds is 7. The van der Waals surface area contributed by atoms with Crippen molar-refractivity contribution >= 4 is 17.6 Å². The van der Waals surface area contributed by atoms with E-state index in [2.05, 4.69) is 15.7 Å². The highest BCUT2D eigenvalue weighted by Gasteiger charge is 2.11. The number of carbonyl (C=O) groups is 2. The van der Waals surface area contributed by atoms with Crippen LogP contribution in [0.1, 0.15) is 48.7 Å². The number of anilines is 1. The van der Waals surface area contributed by atoms with Gasteiger partial charge in [0.1, 0.15) is 5.82 Å². The van der Waals surface area contributed by atoms with Gasteiger partial charge in [-0.3, -0.25) is 9.59 Å². The van der Waals surface area contributed by atoms with Crippen LogP contribution in [0, 0.1) is 0 Å². The SMILES string of the molecule is CC(C)c1cc(C(=O)NCCCC(N)=O)cc(NN)n1. The van der Waals surface area contributed by atoms with Gasteiger partial charge in [-0.05, 0) is 24.5 Å². The van der Waals surface area contributed by atoms with Crippen molar-refractivity contribution in [3.8, 4) is 0 Å². The van der Waals surface area contributed by atoms with E-state index in [-0.39, 0.29) is 24.2 Å². The molecule has 0 atom stereocenters. The Balaban J connectivity index is 2.71. The van der Waals surface area contributed by atoms with Crippen molar-refractivity contribution in [3.63, 3.8) is 0 Å². The molecule has 0 bridgehead atoms. The van der Waals surface area contributed by atoms with E-state index in [1.54, 1.807) is 12.1 Å². The van der Waals surface area contributed by atoms with Crippen molar-refractivity contribution in [1.82, 2.24) is 10.3 Å². The predicted octanol–water partition coefficient (Wildman–Crippen LogP) is 0.486. The quantitative estimate of drug-likeness (QED) is 0.328. The van der Waals surface area contributed by atoms with E-state index >= 15 is 0 Å². The normalized spacial score (nSPS) is 10.4. The van der Waals surface area contributed by atoms with Gasteiger partial charge in [0, 0.05) is 24.2 Å². The fourth-order valence-corrected chi connectivity index (χ4v) is 1.62. The summed E-state index contributed by atoms with van der Waals surface area (Å²) in [6, 6.07) is 3.31. The Morgan fingerprint density at radius 1 is 1.35 bits per heavy atom. The summed E-state index contributed by atoms with van der Waals surface area (Å²) < 4.78 is 0. The van der Waals surface area contributed by atoms with Gasteiger partial charge in [-0.25, -0.2) is 10.8 Å². The molecule has 1 rings (SSSR count). The maximum atomic E-state index is 12.0. The van der Waals surface area contributed by atoms with Crippen LogP contribution in [-0.4, -0.2) is 23.3 Å². The topological polar surface area (TPSA) is 123 Å². The third kappa shape index (κ3) is 4.85. The zero-order valence-corrected chi connectivity index (χ0v) is 11.8. The van der Waals surface area contributed by atoms with Gasteiger partial charge in [-0.1, -0.05) is 13.8 Å². The van der Waals surface area contributed by atoms with E-state index in [0.717, 1.165) is 5.69 Å². The van der Waals surface area contributed by atoms with Crippen molar-refractivity contribution in [3.05, 3.63) is 23.4 Å². The second-order valence-electron chi connectivity index (χ2n) is 4.79. The number of amides is 2. The third-order valence-electron chi connectivity index (χ3n) is 2.73. The molecule has 20 heavy (non-hydrogen) atoms. The summed E-state index contributed by atoms with van der Waals surface area (Å²) in [6.45, 7) is 4.36. The van der Waals surface area contributed by atoms with Crippen LogP contribution in [0.25, 0.3) is 0 Å². The van der Waals surface area contributed by atoms with E-state index in [0.29, 0.717) is 24.3 Å². The molecule has 7 heteroatoms. The van der Waals surface area contributed by atoms with Crippen molar-refractivity contribution in [2.75, 3.05) is 12.0 Å². The number of pyridine rings is 1. The van der Waals surface area contributed by atoms with E-state index in [4.69, 9.17) is 11.6 Å². The van der Waals surface area contributed by atoms with E-state index < -0.39 is 0 Å². The molecular formula is C13H21N5O2. The highest BCUT2D eigenvalue weighted by atomic mass is 16.2. The molecule has 0 saturated heterocycles. The van der Waals surface area contributed by atoms with Gasteiger partial charge in [0.25, 0.3) is 5.91 Å². The second-order valence-corrected chi connectivity index (χ2v) is 4.79. The van der Waals surface area contributed by atoms with Crippen LogP contribution in [0.15, 0.2) is 12.1 Å². The zero-order chi connectivity index (χ0) is 15.1. The number of primary amides is 1. The van der Waals surface area contributed by atoms with Gasteiger partial charge in [-0.15, -0.1) is 0 Å². The van der Waals surface area contributed by atoms with Crippen LogP contribution in [0.4, 0.5) is 5.82 Å². The molecule has 0 fully saturated rings. The Kier molecular flexibility index (Phi) is 5.92. The van der Waals surface area contributed by atoms with Crippen molar-refractivity contribution in [1.29, 1.82) is 0 Å². The number of hydrazine groups is 1. The molecule has 0 aromatic carbocycles. The maximum Gasteiger partial charge on any atom is 0.251 e. The molecule has 0 aliphatic heterocycles. The van der Waals surface area contributed by atoms with Gasteiger partial charge in [-0.2, -0.15) is 0 Å². The lowest BCUT2D eigenvalue weighted by Crippen LogP contribution is -2.26. The second kappa shape index (κ2) is 7.44. The van der Waals surface area contributed by atoms with Gasteiger partial charge in [0.05, 0.1) is 0 Å². The minimum absolute atomic E-state index is 0.185. The monoisotopic (exact) mass is 279 g/mol. The van der Waals surface area contributed by atoms with Gasteiger partial charge >= 0.3 is 0 Å². The number of nitrogens with one attached hydrogen (secondary N) is 2. The van der Waals surface area contributed by atoms with Gasteiger partial charge < -0.3 is 16.5 Å². The van der Waals surface area contributed by atoms with Crippen LogP contribution >= 0.6 is 0 Å². The lowest BCUT2D eigenvalue weighted by atomic mass is 10.1. The zero-order valence-electron chi connectivity index (χ0n) is 11.8. The first kappa shape index (κ1) is 15.9. The van der Waals surface area contributed by atoms with Gasteiger partial charge in [0.15, 0.2) is 0 Å². The fourth-order valence-electron chi connectivity index (χ4n) is 1.62. The predicted molar refractivity (Wildman–Crippen MR) is 76.9 cm³/mol. The Hall–Kier alpha value is -2.15. The van der Waals surface area contributed by atoms with Crippen LogP contribution in [0.3, 0.4) is 0 Å². The molecule has 0 unspecified atom stereocenters. The molecule has 0 spiro atoms. The average molecular weight is 279 g/mol. The molecular weight excluding hydrogens is 258 g/mol. The fraction of sp³-hybridized carbons (Fsp3) is 0.462. The molecule has 0 radical (unpaired) electrons. The Morgan fingerprint density at radius 2 is 2.05 bits per heavy atom. The first-order chi connectivity index (χ1) is 9.43. The number of carbonyl (C=O) groups excluding carboxylic acids is 2. The molecule has 1 heterocycles. The summed E-state index contributed by atoms with van der Waals surface area (Å²) in [4.78, 5) is 26.9. The first-order valence-corrected chi connectivity index (χ1v) is 6.49. The molecule has 0 aliphatic rings. The standard InChI is InChI=1S/C13H21N5O2/c1-8(2)10-6-9(7-12(17-10)18-15)13(20)16-5-3-4-11(14)19/h6-8H,3-5,15H2,1-2H3,(H2,14,19)(H,16,20)(H,17,18). The molecule has 110 valence electrons. The van der Waals surface area contributed by atoms with Gasteiger partial charge in [0.2, 0.25) is 5.91 Å². The molecule has 0 aliphatic carbocycles. The van der Waals surface area contributed by atoms with Crippen molar-refractivity contribution < 1.29 is 9.59 Å². The maximum absolute atomic E-state index is 12.0. The summed E-state index contributed by atoms with van der Waals surface area (Å²) in [5.74, 6) is 5.37. The summed E-state index contributed by atoms with van der Waals surface area (Å²) >= 11 is 0. The summed E-state index contributed by atoms with van der Waals surface area (Å²) in [7, 11) is 0. The molecule has 6 N–H and O–H groups in total. The summed E-state index contributed by atoms with van der Waals surface area (Å²) in [6.07, 6.45) is 0.772. The van der Waals surface area contributed by atoms with Crippen LogP contribution in [-0.2, 0) is 4.79 Å². The van der Waals surface area contributed by atoms with Crippen molar-refractivity contribution in [2.45, 2.75) is 32.6 Å².